The molecule has 1 unspecified atom stereocenters. The molecule has 5 nitrogen and oxygen atoms in total. The monoisotopic (exact) mass is 542 g/mol. The molecule has 1 atom stereocenters. The first-order valence-corrected chi connectivity index (χ1v) is 15.1. The van der Waals surface area contributed by atoms with Crippen LogP contribution in [0.2, 0.25) is 0 Å². The Hall–Kier alpha value is -3.18. The number of methoxy groups -OCH3 is 2. The molecule has 0 aromatic heterocycles. The zero-order valence-corrected chi connectivity index (χ0v) is 24.7. The molecule has 5 rings (SSSR count). The van der Waals surface area contributed by atoms with Gasteiger partial charge in [0.1, 0.15) is 23.9 Å². The molecule has 214 valence electrons. The molecule has 1 saturated heterocycles. The lowest BCUT2D eigenvalue weighted by molar-refractivity contribution is 0.214. The summed E-state index contributed by atoms with van der Waals surface area (Å²) < 4.78 is 17.1. The number of aryl methyl sites for hydroxylation is 1. The van der Waals surface area contributed by atoms with Crippen LogP contribution in [0.4, 0.5) is 5.69 Å². The number of rotatable bonds is 11. The van der Waals surface area contributed by atoms with E-state index in [0.29, 0.717) is 5.92 Å². The van der Waals surface area contributed by atoms with Gasteiger partial charge < -0.3 is 19.1 Å². The molecule has 5 heteroatoms. The molecule has 40 heavy (non-hydrogen) atoms. The molecule has 3 aromatic carbocycles. The first kappa shape index (κ1) is 28.4. The number of likely N-dealkylation sites (tertiary alicyclic amines) is 1. The molecule has 0 spiro atoms. The van der Waals surface area contributed by atoms with Crippen LogP contribution in [0.5, 0.6) is 17.2 Å². The van der Waals surface area contributed by atoms with Crippen LogP contribution in [0.1, 0.15) is 60.3 Å². The number of nitrogens with zero attached hydrogens (tertiary/aromatic N) is 2. The minimum Gasteiger partial charge on any atom is -0.497 e. The maximum Gasteiger partial charge on any atom is 0.120 e. The van der Waals surface area contributed by atoms with Crippen LogP contribution in [0, 0.1) is 0 Å². The van der Waals surface area contributed by atoms with Crippen molar-refractivity contribution in [3.8, 4) is 17.2 Å². The van der Waals surface area contributed by atoms with Crippen molar-refractivity contribution >= 4 is 5.69 Å². The normalized spacial score (nSPS) is 17.5. The Kier molecular flexibility index (Phi) is 9.88. The van der Waals surface area contributed by atoms with Crippen molar-refractivity contribution in [1.29, 1.82) is 0 Å². The molecule has 0 N–H and O–H groups in total. The lowest BCUT2D eigenvalue weighted by Gasteiger charge is -2.30. The van der Waals surface area contributed by atoms with E-state index >= 15 is 0 Å². The van der Waals surface area contributed by atoms with Crippen LogP contribution in [0.15, 0.2) is 60.7 Å². The van der Waals surface area contributed by atoms with Crippen LogP contribution in [-0.4, -0.2) is 59.0 Å². The zero-order chi connectivity index (χ0) is 27.7. The van der Waals surface area contributed by atoms with Gasteiger partial charge in [-0.1, -0.05) is 37.1 Å². The van der Waals surface area contributed by atoms with Crippen LogP contribution in [-0.2, 0) is 19.3 Å². The highest BCUT2D eigenvalue weighted by Gasteiger charge is 2.24. The van der Waals surface area contributed by atoms with E-state index in [1.807, 2.05) is 0 Å². The minimum absolute atomic E-state index is 0.495. The van der Waals surface area contributed by atoms with E-state index in [1.165, 1.54) is 66.7 Å². The predicted octanol–water partition coefficient (Wildman–Crippen LogP) is 6.91. The summed E-state index contributed by atoms with van der Waals surface area (Å²) in [5.74, 6) is 3.33. The summed E-state index contributed by atoms with van der Waals surface area (Å²) in [7, 11) is 5.70. The summed E-state index contributed by atoms with van der Waals surface area (Å²) in [5.41, 5.74) is 6.88. The van der Waals surface area contributed by atoms with E-state index < -0.39 is 0 Å². The second-order valence-corrected chi connectivity index (χ2v) is 11.4. The summed E-state index contributed by atoms with van der Waals surface area (Å²) in [6, 6.07) is 21.8. The smallest absolute Gasteiger partial charge is 0.120 e. The van der Waals surface area contributed by atoms with Crippen molar-refractivity contribution < 1.29 is 14.2 Å². The van der Waals surface area contributed by atoms with Crippen LogP contribution in [0.25, 0.3) is 0 Å². The largest absolute Gasteiger partial charge is 0.497 e. The van der Waals surface area contributed by atoms with Gasteiger partial charge in [-0.2, -0.15) is 0 Å². The maximum atomic E-state index is 6.07. The molecule has 2 aliphatic rings. The molecule has 1 aliphatic heterocycles. The van der Waals surface area contributed by atoms with Gasteiger partial charge in [-0.3, -0.25) is 4.90 Å². The van der Waals surface area contributed by atoms with Gasteiger partial charge in [-0.25, -0.2) is 0 Å². The number of fused-ring (bicyclic) bond motifs is 1. The summed E-state index contributed by atoms with van der Waals surface area (Å²) in [6.07, 6.45) is 9.66. The molecule has 1 aliphatic carbocycles. The molecule has 1 fully saturated rings. The number of benzene rings is 3. The average molecular weight is 543 g/mol. The van der Waals surface area contributed by atoms with Gasteiger partial charge in [0.25, 0.3) is 0 Å². The molecular weight excluding hydrogens is 496 g/mol. The van der Waals surface area contributed by atoms with Crippen molar-refractivity contribution in [2.24, 2.45) is 0 Å². The van der Waals surface area contributed by atoms with Crippen LogP contribution >= 0.6 is 0 Å². The summed E-state index contributed by atoms with van der Waals surface area (Å²) in [5, 5.41) is 0. The topological polar surface area (TPSA) is 34.2 Å². The van der Waals surface area contributed by atoms with Crippen molar-refractivity contribution in [1.82, 2.24) is 4.90 Å². The van der Waals surface area contributed by atoms with Gasteiger partial charge in [0.15, 0.2) is 0 Å². The number of anilines is 1. The van der Waals surface area contributed by atoms with Gasteiger partial charge in [0, 0.05) is 31.9 Å². The van der Waals surface area contributed by atoms with E-state index in [9.17, 15) is 0 Å². The van der Waals surface area contributed by atoms with E-state index in [0.717, 1.165) is 62.6 Å². The maximum absolute atomic E-state index is 6.07. The van der Waals surface area contributed by atoms with Gasteiger partial charge >= 0.3 is 0 Å². The molecule has 0 bridgehead atoms. The third-order valence-electron chi connectivity index (χ3n) is 8.76. The highest BCUT2D eigenvalue weighted by Crippen LogP contribution is 2.39. The standard InChI is InChI=1S/C35H46N2O3/c1-36(21-18-27-8-13-31(14-9-27)40-23-22-37-19-6-4-5-7-20-37)35-26-33(39-3)16-17-34(35)30-11-10-29-25-32(38-2)15-12-28(29)24-30/h8-9,12-17,25-26,30H,4-7,10-11,18-24H2,1-3H3. The Bertz CT molecular complexity index is 1220. The number of hydrogen-bond donors (Lipinski definition) is 0. The third-order valence-corrected chi connectivity index (χ3v) is 8.76. The van der Waals surface area contributed by atoms with Crippen molar-refractivity contribution in [2.45, 2.75) is 57.3 Å². The second-order valence-electron chi connectivity index (χ2n) is 11.4. The van der Waals surface area contributed by atoms with Crippen LogP contribution in [0.3, 0.4) is 0 Å². The highest BCUT2D eigenvalue weighted by atomic mass is 16.5. The Morgan fingerprint density at radius 1 is 0.800 bits per heavy atom. The fraction of sp³-hybridized carbons (Fsp3) is 0.486. The summed E-state index contributed by atoms with van der Waals surface area (Å²) >= 11 is 0. The van der Waals surface area contributed by atoms with Gasteiger partial charge in [-0.15, -0.1) is 0 Å². The lowest BCUT2D eigenvalue weighted by atomic mass is 9.79. The first-order valence-electron chi connectivity index (χ1n) is 15.1. The van der Waals surface area contributed by atoms with E-state index in [1.54, 1.807) is 14.2 Å². The van der Waals surface area contributed by atoms with Gasteiger partial charge in [0.2, 0.25) is 0 Å². The van der Waals surface area contributed by atoms with Gasteiger partial charge in [0.05, 0.1) is 14.2 Å². The average Bonchev–Trinajstić information content (AvgIpc) is 3.28. The Labute approximate surface area is 241 Å². The quantitative estimate of drug-likeness (QED) is 0.263. The van der Waals surface area contributed by atoms with E-state index in [2.05, 4.69) is 77.5 Å². The Balaban J connectivity index is 1.18. The number of ether oxygens (including phenoxy) is 3. The molecule has 0 amide bonds. The van der Waals surface area contributed by atoms with Crippen molar-refractivity contribution in [2.75, 3.05) is 59.0 Å². The fourth-order valence-electron chi connectivity index (χ4n) is 6.27. The third kappa shape index (κ3) is 7.31. The Morgan fingerprint density at radius 2 is 1.50 bits per heavy atom. The molecule has 1 heterocycles. The van der Waals surface area contributed by atoms with E-state index in [4.69, 9.17) is 14.2 Å². The molecule has 0 saturated carbocycles. The molecule has 3 aromatic rings. The van der Waals surface area contributed by atoms with Crippen molar-refractivity contribution in [3.05, 3.63) is 82.9 Å². The second kappa shape index (κ2) is 13.9. The SMILES string of the molecule is COc1ccc2c(c1)CCC(c1ccc(OC)cc1N(C)CCc1ccc(OCCN3CCCCCC3)cc1)C2. The lowest BCUT2D eigenvalue weighted by Crippen LogP contribution is -2.29. The fourth-order valence-corrected chi connectivity index (χ4v) is 6.27. The Morgan fingerprint density at radius 3 is 2.25 bits per heavy atom. The first-order chi connectivity index (χ1) is 19.6. The number of likely N-dealkylation sites (N-methyl/N-ethyl adjacent to an activating group) is 1. The van der Waals surface area contributed by atoms with E-state index in [-0.39, 0.29) is 0 Å². The molecular formula is C35H46N2O3. The number of hydrogen-bond acceptors (Lipinski definition) is 5. The zero-order valence-electron chi connectivity index (χ0n) is 24.7. The molecule has 0 radical (unpaired) electrons. The summed E-state index contributed by atoms with van der Waals surface area (Å²) in [6.45, 7) is 5.16. The van der Waals surface area contributed by atoms with Gasteiger partial charge in [-0.05, 0) is 110 Å². The van der Waals surface area contributed by atoms with Crippen molar-refractivity contribution in [3.63, 3.8) is 0 Å². The summed E-state index contributed by atoms with van der Waals surface area (Å²) in [4.78, 5) is 4.94. The van der Waals surface area contributed by atoms with Crippen LogP contribution < -0.4 is 19.1 Å². The predicted molar refractivity (Wildman–Crippen MR) is 165 cm³/mol. The highest BCUT2D eigenvalue weighted by molar-refractivity contribution is 5.59. The minimum atomic E-state index is 0.495.